The minimum Gasteiger partial charge on any atom is -0.508 e. The molecule has 7 rings (SSSR count). The molecule has 0 heterocycles. The van der Waals surface area contributed by atoms with Gasteiger partial charge in [-0.05, 0) is 102 Å². The van der Waals surface area contributed by atoms with Gasteiger partial charge in [-0.1, -0.05) is 145 Å². The molecule has 0 saturated carbocycles. The molecule has 7 aromatic carbocycles. The molecule has 0 radical (unpaired) electrons. The standard InChI is InChI=1S/C49H44O4/c1-32-17-27-42(47(36-10-4-3-5-11-36)45-30-33(2)18-28-46(45)51)44(29-32)43-16-8-13-38(49(43)53)24-20-35-9-6-14-39(31-35)41-15-7-12-37(48(41)52)23-19-34-21-25-40(50)26-22-34/h3-18,21-22,25-31,47,50-53H,19-20,23-24H2,1-2H3. The van der Waals surface area contributed by atoms with Crippen molar-refractivity contribution < 1.29 is 20.4 Å². The lowest BCUT2D eigenvalue weighted by molar-refractivity contribution is 0.467. The van der Waals surface area contributed by atoms with Crippen molar-refractivity contribution in [2.75, 3.05) is 0 Å². The van der Waals surface area contributed by atoms with Gasteiger partial charge in [0.2, 0.25) is 0 Å². The molecule has 53 heavy (non-hydrogen) atoms. The smallest absolute Gasteiger partial charge is 0.126 e. The Morgan fingerprint density at radius 2 is 1.06 bits per heavy atom. The van der Waals surface area contributed by atoms with Gasteiger partial charge in [0.05, 0.1) is 0 Å². The van der Waals surface area contributed by atoms with Crippen LogP contribution in [0, 0.1) is 13.8 Å². The van der Waals surface area contributed by atoms with E-state index in [4.69, 9.17) is 0 Å². The number of phenols is 4. The van der Waals surface area contributed by atoms with Crippen molar-refractivity contribution in [2.45, 2.75) is 45.4 Å². The first-order valence-corrected chi connectivity index (χ1v) is 18.2. The number of hydrogen-bond donors (Lipinski definition) is 4. The highest BCUT2D eigenvalue weighted by Crippen LogP contribution is 2.44. The predicted molar refractivity (Wildman–Crippen MR) is 215 cm³/mol. The zero-order chi connectivity index (χ0) is 36.9. The molecule has 0 aliphatic rings. The normalized spacial score (nSPS) is 11.7. The van der Waals surface area contributed by atoms with E-state index < -0.39 is 0 Å². The van der Waals surface area contributed by atoms with Gasteiger partial charge in [-0.15, -0.1) is 0 Å². The van der Waals surface area contributed by atoms with Crippen LogP contribution in [0.5, 0.6) is 23.0 Å². The van der Waals surface area contributed by atoms with E-state index in [2.05, 4.69) is 55.5 Å². The van der Waals surface area contributed by atoms with Crippen molar-refractivity contribution in [3.63, 3.8) is 0 Å². The molecule has 4 heteroatoms. The number of hydrogen-bond acceptors (Lipinski definition) is 4. The first kappa shape index (κ1) is 35.2. The fourth-order valence-electron chi connectivity index (χ4n) is 7.38. The van der Waals surface area contributed by atoms with E-state index in [9.17, 15) is 20.4 Å². The van der Waals surface area contributed by atoms with Crippen molar-refractivity contribution in [1.29, 1.82) is 0 Å². The molecule has 1 unspecified atom stereocenters. The molecule has 4 nitrogen and oxygen atoms in total. The van der Waals surface area contributed by atoms with Gasteiger partial charge >= 0.3 is 0 Å². The van der Waals surface area contributed by atoms with Crippen LogP contribution in [0.1, 0.15) is 56.0 Å². The van der Waals surface area contributed by atoms with Gasteiger partial charge in [-0.3, -0.25) is 0 Å². The summed E-state index contributed by atoms with van der Waals surface area (Å²) in [6.07, 6.45) is 2.77. The quantitative estimate of drug-likeness (QED) is 0.102. The molecule has 0 spiro atoms. The number of benzene rings is 7. The van der Waals surface area contributed by atoms with Crippen molar-refractivity contribution >= 4 is 0 Å². The summed E-state index contributed by atoms with van der Waals surface area (Å²) in [6, 6.07) is 49.6. The second kappa shape index (κ2) is 15.5. The average Bonchev–Trinajstić information content (AvgIpc) is 3.17. The highest BCUT2D eigenvalue weighted by atomic mass is 16.3. The molecule has 0 bridgehead atoms. The molecular formula is C49H44O4. The van der Waals surface area contributed by atoms with Gasteiger partial charge < -0.3 is 20.4 Å². The maximum Gasteiger partial charge on any atom is 0.126 e. The van der Waals surface area contributed by atoms with Crippen LogP contribution in [0.4, 0.5) is 0 Å². The molecule has 264 valence electrons. The first-order valence-electron chi connectivity index (χ1n) is 18.2. The third kappa shape index (κ3) is 7.83. The van der Waals surface area contributed by atoms with Crippen molar-refractivity contribution in [2.24, 2.45) is 0 Å². The lowest BCUT2D eigenvalue weighted by Crippen LogP contribution is -2.07. The van der Waals surface area contributed by atoms with Crippen LogP contribution >= 0.6 is 0 Å². The fraction of sp³-hybridized carbons (Fsp3) is 0.143. The second-order valence-electron chi connectivity index (χ2n) is 14.0. The fourth-order valence-corrected chi connectivity index (χ4v) is 7.38. The van der Waals surface area contributed by atoms with E-state index in [1.807, 2.05) is 91.9 Å². The van der Waals surface area contributed by atoms with Gasteiger partial charge in [-0.25, -0.2) is 0 Å². The molecule has 4 N–H and O–H groups in total. The molecule has 0 aromatic heterocycles. The van der Waals surface area contributed by atoms with E-state index in [1.54, 1.807) is 18.2 Å². The monoisotopic (exact) mass is 696 g/mol. The third-order valence-electron chi connectivity index (χ3n) is 10.2. The number of para-hydroxylation sites is 2. The SMILES string of the molecule is Cc1ccc(C(c2ccccc2)c2cc(C)ccc2O)c(-c2cccc(CCc3cccc(-c4cccc(CCc5ccc(O)cc5)c4O)c3)c2O)c1. The van der Waals surface area contributed by atoms with Gasteiger partial charge in [0.15, 0.2) is 0 Å². The molecular weight excluding hydrogens is 653 g/mol. The highest BCUT2D eigenvalue weighted by Gasteiger charge is 2.25. The van der Waals surface area contributed by atoms with Crippen LogP contribution in [-0.4, -0.2) is 20.4 Å². The summed E-state index contributed by atoms with van der Waals surface area (Å²) in [5.41, 5.74) is 12.4. The lowest BCUT2D eigenvalue weighted by atomic mass is 9.79. The number of aryl methyl sites for hydroxylation is 6. The Balaban J connectivity index is 1.17. The number of aromatic hydroxyl groups is 4. The van der Waals surface area contributed by atoms with E-state index in [0.717, 1.165) is 78.7 Å². The Morgan fingerprint density at radius 3 is 1.79 bits per heavy atom. The second-order valence-corrected chi connectivity index (χ2v) is 14.0. The van der Waals surface area contributed by atoms with Crippen molar-refractivity contribution in [3.05, 3.63) is 202 Å². The first-order chi connectivity index (χ1) is 25.7. The summed E-state index contributed by atoms with van der Waals surface area (Å²) in [6.45, 7) is 4.10. The minimum atomic E-state index is -0.250. The molecule has 0 amide bonds. The summed E-state index contributed by atoms with van der Waals surface area (Å²) in [5, 5.41) is 44.0. The lowest BCUT2D eigenvalue weighted by Gasteiger charge is -2.24. The zero-order valence-electron chi connectivity index (χ0n) is 30.1. The Bertz CT molecular complexity index is 2360. The Labute approximate surface area is 312 Å². The topological polar surface area (TPSA) is 80.9 Å². The van der Waals surface area contributed by atoms with Crippen LogP contribution in [-0.2, 0) is 25.7 Å². The van der Waals surface area contributed by atoms with Crippen molar-refractivity contribution in [1.82, 2.24) is 0 Å². The Hall–Kier alpha value is -6.26. The van der Waals surface area contributed by atoms with Crippen LogP contribution < -0.4 is 0 Å². The molecule has 0 saturated heterocycles. The van der Waals surface area contributed by atoms with Crippen LogP contribution in [0.2, 0.25) is 0 Å². The van der Waals surface area contributed by atoms with Crippen molar-refractivity contribution in [3.8, 4) is 45.3 Å². The van der Waals surface area contributed by atoms with Crippen LogP contribution in [0.15, 0.2) is 152 Å². The largest absolute Gasteiger partial charge is 0.508 e. The summed E-state index contributed by atoms with van der Waals surface area (Å²) < 4.78 is 0. The van der Waals surface area contributed by atoms with Gasteiger partial charge in [0.1, 0.15) is 23.0 Å². The highest BCUT2D eigenvalue weighted by molar-refractivity contribution is 5.77. The summed E-state index contributed by atoms with van der Waals surface area (Å²) in [4.78, 5) is 0. The molecule has 0 fully saturated rings. The van der Waals surface area contributed by atoms with E-state index in [1.165, 1.54) is 0 Å². The predicted octanol–water partition coefficient (Wildman–Crippen LogP) is 11.2. The minimum absolute atomic E-state index is 0.241. The number of phenolic OH excluding ortho intramolecular Hbond substituents is 4. The van der Waals surface area contributed by atoms with Crippen LogP contribution in [0.3, 0.4) is 0 Å². The molecule has 0 aliphatic carbocycles. The molecule has 7 aromatic rings. The summed E-state index contributed by atoms with van der Waals surface area (Å²) in [5.74, 6) is 0.783. The van der Waals surface area contributed by atoms with E-state index in [0.29, 0.717) is 19.3 Å². The third-order valence-corrected chi connectivity index (χ3v) is 10.2. The van der Waals surface area contributed by atoms with E-state index in [-0.39, 0.29) is 28.9 Å². The average molecular weight is 697 g/mol. The zero-order valence-corrected chi connectivity index (χ0v) is 30.1. The number of rotatable bonds is 11. The van der Waals surface area contributed by atoms with Gasteiger partial charge in [-0.2, -0.15) is 0 Å². The van der Waals surface area contributed by atoms with Crippen LogP contribution in [0.25, 0.3) is 22.3 Å². The Kier molecular flexibility index (Phi) is 10.3. The summed E-state index contributed by atoms with van der Waals surface area (Å²) in [7, 11) is 0. The van der Waals surface area contributed by atoms with E-state index >= 15 is 0 Å². The maximum atomic E-state index is 11.9. The van der Waals surface area contributed by atoms with Gasteiger partial charge in [0.25, 0.3) is 0 Å². The van der Waals surface area contributed by atoms with Gasteiger partial charge in [0, 0.05) is 22.6 Å². The molecule has 1 atom stereocenters. The molecule has 0 aliphatic heterocycles. The summed E-state index contributed by atoms with van der Waals surface area (Å²) >= 11 is 0. The maximum absolute atomic E-state index is 11.9. The Morgan fingerprint density at radius 1 is 0.434 bits per heavy atom.